The molecule has 2 aliphatic heterocycles. The molecular weight excluding hydrogens is 395 g/mol. The van der Waals surface area contributed by atoms with Gasteiger partial charge in [0.2, 0.25) is 0 Å². The van der Waals surface area contributed by atoms with Gasteiger partial charge in [-0.25, -0.2) is 0 Å². The molecule has 30 heavy (non-hydrogen) atoms. The van der Waals surface area contributed by atoms with E-state index in [0.717, 1.165) is 23.3 Å². The van der Waals surface area contributed by atoms with Crippen LogP contribution in [-0.4, -0.2) is 35.3 Å². The Kier molecular flexibility index (Phi) is 4.87. The smallest absolute Gasteiger partial charge is 0.416 e. The Morgan fingerprint density at radius 1 is 1.03 bits per heavy atom. The highest BCUT2D eigenvalue weighted by molar-refractivity contribution is 6.00. The summed E-state index contributed by atoms with van der Waals surface area (Å²) in [6.07, 6.45) is -3.17. The molecule has 1 saturated heterocycles. The Bertz CT molecular complexity index is 1000. The van der Waals surface area contributed by atoms with Crippen LogP contribution in [0, 0.1) is 13.8 Å². The Hall–Kier alpha value is -2.83. The second kappa shape index (κ2) is 7.15. The SMILES string of the molecule is Cc1cc2c(cc1C)C(=O)CC1(CCN(C(=O)c3ccc(C(F)(F)F)cc3)CC1)O2. The van der Waals surface area contributed by atoms with Crippen LogP contribution in [0.1, 0.15) is 56.7 Å². The van der Waals surface area contributed by atoms with Crippen LogP contribution in [0.4, 0.5) is 13.2 Å². The number of carbonyl (C=O) groups is 2. The molecule has 1 spiro atoms. The predicted molar refractivity (Wildman–Crippen MR) is 105 cm³/mol. The summed E-state index contributed by atoms with van der Waals surface area (Å²) in [6.45, 7) is 4.69. The molecule has 4 nitrogen and oxygen atoms in total. The van der Waals surface area contributed by atoms with E-state index in [-0.39, 0.29) is 23.7 Å². The number of hydrogen-bond acceptors (Lipinski definition) is 3. The number of rotatable bonds is 1. The lowest BCUT2D eigenvalue weighted by Gasteiger charge is -2.44. The summed E-state index contributed by atoms with van der Waals surface area (Å²) in [5, 5.41) is 0. The van der Waals surface area contributed by atoms with Gasteiger partial charge in [0.05, 0.1) is 17.5 Å². The second-order valence-corrected chi connectivity index (χ2v) is 8.18. The average molecular weight is 417 g/mol. The van der Waals surface area contributed by atoms with E-state index in [9.17, 15) is 22.8 Å². The number of fused-ring (bicyclic) bond motifs is 1. The van der Waals surface area contributed by atoms with Crippen molar-refractivity contribution in [3.63, 3.8) is 0 Å². The van der Waals surface area contributed by atoms with Crippen LogP contribution in [0.5, 0.6) is 5.75 Å². The first-order valence-electron chi connectivity index (χ1n) is 9.88. The molecule has 2 aromatic rings. The van der Waals surface area contributed by atoms with Gasteiger partial charge in [-0.3, -0.25) is 9.59 Å². The molecule has 7 heteroatoms. The van der Waals surface area contributed by atoms with Crippen LogP contribution in [0.15, 0.2) is 36.4 Å². The molecule has 0 saturated carbocycles. The molecular formula is C23H22F3NO3. The molecule has 0 N–H and O–H groups in total. The van der Waals surface area contributed by atoms with Gasteiger partial charge >= 0.3 is 6.18 Å². The summed E-state index contributed by atoms with van der Waals surface area (Å²) >= 11 is 0. The van der Waals surface area contributed by atoms with Gasteiger partial charge in [0.15, 0.2) is 5.78 Å². The van der Waals surface area contributed by atoms with Crippen LogP contribution in [-0.2, 0) is 6.18 Å². The highest BCUT2D eigenvalue weighted by Crippen LogP contribution is 2.40. The van der Waals surface area contributed by atoms with Crippen molar-refractivity contribution in [2.75, 3.05) is 13.1 Å². The quantitative estimate of drug-likeness (QED) is 0.659. The second-order valence-electron chi connectivity index (χ2n) is 8.18. The third kappa shape index (κ3) is 3.68. The van der Waals surface area contributed by atoms with Crippen molar-refractivity contribution in [2.24, 2.45) is 0 Å². The summed E-state index contributed by atoms with van der Waals surface area (Å²) in [6, 6.07) is 8.01. The normalized spacial score (nSPS) is 18.2. The number of likely N-dealkylation sites (tertiary alicyclic amines) is 1. The molecule has 4 rings (SSSR count). The summed E-state index contributed by atoms with van der Waals surface area (Å²) in [5.41, 5.74) is 1.49. The molecule has 0 atom stereocenters. The number of alkyl halides is 3. The van der Waals surface area contributed by atoms with E-state index < -0.39 is 17.3 Å². The molecule has 158 valence electrons. The topological polar surface area (TPSA) is 46.6 Å². The summed E-state index contributed by atoms with van der Waals surface area (Å²) in [7, 11) is 0. The van der Waals surface area contributed by atoms with Crippen molar-refractivity contribution in [1.29, 1.82) is 0 Å². The first kappa shape index (κ1) is 20.4. The van der Waals surface area contributed by atoms with E-state index >= 15 is 0 Å². The van der Waals surface area contributed by atoms with Crippen molar-refractivity contribution < 1.29 is 27.5 Å². The average Bonchev–Trinajstić information content (AvgIpc) is 2.69. The lowest BCUT2D eigenvalue weighted by atomic mass is 9.81. The van der Waals surface area contributed by atoms with Gasteiger partial charge in [-0.05, 0) is 61.4 Å². The van der Waals surface area contributed by atoms with E-state index in [1.54, 1.807) is 4.90 Å². The molecule has 2 aromatic carbocycles. The largest absolute Gasteiger partial charge is 0.486 e. The van der Waals surface area contributed by atoms with E-state index in [1.807, 2.05) is 26.0 Å². The van der Waals surface area contributed by atoms with Gasteiger partial charge in [-0.15, -0.1) is 0 Å². The first-order chi connectivity index (χ1) is 14.1. The molecule has 0 aromatic heterocycles. The van der Waals surface area contributed by atoms with Crippen LogP contribution >= 0.6 is 0 Å². The molecule has 1 amide bonds. The maximum atomic E-state index is 12.7. The highest BCUT2D eigenvalue weighted by Gasteiger charge is 2.44. The van der Waals surface area contributed by atoms with E-state index in [0.29, 0.717) is 37.2 Å². The van der Waals surface area contributed by atoms with Gasteiger partial charge in [0.1, 0.15) is 11.4 Å². The number of Topliss-reactive ketones (excluding diaryl/α,β-unsaturated/α-hetero) is 1. The number of amides is 1. The molecule has 2 aliphatic rings. The fourth-order valence-corrected chi connectivity index (χ4v) is 4.13. The predicted octanol–water partition coefficient (Wildman–Crippen LogP) is 4.96. The van der Waals surface area contributed by atoms with Crippen molar-refractivity contribution in [3.05, 3.63) is 64.2 Å². The number of nitrogens with zero attached hydrogens (tertiary/aromatic N) is 1. The minimum absolute atomic E-state index is 0.0434. The molecule has 0 radical (unpaired) electrons. The number of ether oxygens (including phenoxy) is 1. The minimum Gasteiger partial charge on any atom is -0.486 e. The molecule has 1 fully saturated rings. The zero-order valence-corrected chi connectivity index (χ0v) is 16.8. The maximum Gasteiger partial charge on any atom is 0.416 e. The lowest BCUT2D eigenvalue weighted by molar-refractivity contribution is -0.137. The fourth-order valence-electron chi connectivity index (χ4n) is 4.13. The minimum atomic E-state index is -4.43. The van der Waals surface area contributed by atoms with E-state index in [4.69, 9.17) is 4.74 Å². The Morgan fingerprint density at radius 3 is 2.23 bits per heavy atom. The molecule has 0 unspecified atom stereocenters. The van der Waals surface area contributed by atoms with Crippen molar-refractivity contribution >= 4 is 11.7 Å². The molecule has 2 heterocycles. The van der Waals surface area contributed by atoms with Crippen LogP contribution in [0.2, 0.25) is 0 Å². The monoisotopic (exact) mass is 417 g/mol. The first-order valence-corrected chi connectivity index (χ1v) is 9.88. The molecule has 0 aliphatic carbocycles. The number of hydrogen-bond donors (Lipinski definition) is 0. The number of halogens is 3. The summed E-state index contributed by atoms with van der Waals surface area (Å²) in [5.74, 6) is 0.325. The Labute approximate surface area is 172 Å². The lowest BCUT2D eigenvalue weighted by Crippen LogP contribution is -2.52. The van der Waals surface area contributed by atoms with Gasteiger partial charge in [0.25, 0.3) is 5.91 Å². The zero-order valence-electron chi connectivity index (χ0n) is 16.8. The number of ketones is 1. The van der Waals surface area contributed by atoms with Crippen LogP contribution < -0.4 is 4.74 Å². The standard InChI is InChI=1S/C23H22F3NO3/c1-14-11-18-19(28)13-22(30-20(18)12-15(14)2)7-9-27(10-8-22)21(29)16-3-5-17(6-4-16)23(24,25)26/h3-6,11-12H,7-10,13H2,1-2H3. The van der Waals surface area contributed by atoms with Crippen LogP contribution in [0.3, 0.4) is 0 Å². The van der Waals surface area contributed by atoms with Gasteiger partial charge in [-0.2, -0.15) is 13.2 Å². The summed E-state index contributed by atoms with van der Waals surface area (Å²) < 4.78 is 44.4. The van der Waals surface area contributed by atoms with E-state index in [1.165, 1.54) is 12.1 Å². The van der Waals surface area contributed by atoms with Gasteiger partial charge in [0, 0.05) is 31.5 Å². The zero-order chi connectivity index (χ0) is 21.7. The fraction of sp³-hybridized carbons (Fsp3) is 0.391. The van der Waals surface area contributed by atoms with E-state index in [2.05, 4.69) is 0 Å². The maximum absolute atomic E-state index is 12.7. The van der Waals surface area contributed by atoms with Crippen molar-refractivity contribution in [2.45, 2.75) is 44.9 Å². The third-order valence-electron chi connectivity index (χ3n) is 6.13. The molecule has 0 bridgehead atoms. The third-order valence-corrected chi connectivity index (χ3v) is 6.13. The Morgan fingerprint density at radius 2 is 1.63 bits per heavy atom. The van der Waals surface area contributed by atoms with Gasteiger partial charge in [-0.1, -0.05) is 0 Å². The van der Waals surface area contributed by atoms with Gasteiger partial charge < -0.3 is 9.64 Å². The highest BCUT2D eigenvalue weighted by atomic mass is 19.4. The van der Waals surface area contributed by atoms with Crippen molar-refractivity contribution in [1.82, 2.24) is 4.90 Å². The number of piperidine rings is 1. The van der Waals surface area contributed by atoms with Crippen molar-refractivity contribution in [3.8, 4) is 5.75 Å². The number of aryl methyl sites for hydroxylation is 2. The Balaban J connectivity index is 1.46. The van der Waals surface area contributed by atoms with Crippen LogP contribution in [0.25, 0.3) is 0 Å². The summed E-state index contributed by atoms with van der Waals surface area (Å²) in [4.78, 5) is 27.0. The number of carbonyl (C=O) groups excluding carboxylic acids is 2. The number of benzene rings is 2.